The Kier molecular flexibility index (Phi) is 4.81. The third-order valence-electron chi connectivity index (χ3n) is 3.71. The summed E-state index contributed by atoms with van der Waals surface area (Å²) < 4.78 is 29.2. The van der Waals surface area contributed by atoms with Gasteiger partial charge in [0.2, 0.25) is 0 Å². The monoisotopic (exact) mass is 296 g/mol. The molecule has 20 heavy (non-hydrogen) atoms. The van der Waals surface area contributed by atoms with Crippen molar-refractivity contribution in [3.8, 4) is 5.75 Å². The van der Waals surface area contributed by atoms with Crippen molar-refractivity contribution in [2.75, 3.05) is 18.6 Å². The standard InChI is InChI=1S/C15H20O4S/c1-19-14-8-4-7-13(9-14)15(16)11-20(17,18)10-12-5-2-3-6-12/h4,7-9,12H,2-3,5-6,10-11H2,1H3. The summed E-state index contributed by atoms with van der Waals surface area (Å²) >= 11 is 0. The van der Waals surface area contributed by atoms with Crippen LogP contribution in [-0.2, 0) is 9.84 Å². The molecule has 4 nitrogen and oxygen atoms in total. The van der Waals surface area contributed by atoms with Crippen LogP contribution < -0.4 is 4.74 Å². The first kappa shape index (κ1) is 15.0. The highest BCUT2D eigenvalue weighted by Gasteiger charge is 2.25. The number of ketones is 1. The Morgan fingerprint density at radius 2 is 2.00 bits per heavy atom. The molecule has 0 radical (unpaired) electrons. The second kappa shape index (κ2) is 6.39. The lowest BCUT2D eigenvalue weighted by atomic mass is 10.1. The maximum Gasteiger partial charge on any atom is 0.178 e. The van der Waals surface area contributed by atoms with Crippen molar-refractivity contribution in [1.29, 1.82) is 0 Å². The minimum Gasteiger partial charge on any atom is -0.497 e. The Morgan fingerprint density at radius 3 is 2.65 bits per heavy atom. The molecule has 0 amide bonds. The zero-order valence-electron chi connectivity index (χ0n) is 11.7. The highest BCUT2D eigenvalue weighted by molar-refractivity contribution is 7.92. The first-order chi connectivity index (χ1) is 9.50. The molecular weight excluding hydrogens is 276 g/mol. The molecule has 1 fully saturated rings. The van der Waals surface area contributed by atoms with Gasteiger partial charge < -0.3 is 4.74 Å². The molecule has 0 unspecified atom stereocenters. The zero-order valence-corrected chi connectivity index (χ0v) is 12.5. The van der Waals surface area contributed by atoms with E-state index in [-0.39, 0.29) is 17.5 Å². The summed E-state index contributed by atoms with van der Waals surface area (Å²) in [6.07, 6.45) is 4.13. The molecule has 0 heterocycles. The van der Waals surface area contributed by atoms with E-state index in [2.05, 4.69) is 0 Å². The van der Waals surface area contributed by atoms with Crippen LogP contribution in [0.15, 0.2) is 24.3 Å². The summed E-state index contributed by atoms with van der Waals surface area (Å²) in [5.41, 5.74) is 0.388. The maximum absolute atomic E-state index is 12.1. The molecule has 0 spiro atoms. The third-order valence-corrected chi connectivity index (χ3v) is 5.39. The van der Waals surface area contributed by atoms with E-state index in [1.165, 1.54) is 7.11 Å². The second-order valence-electron chi connectivity index (χ2n) is 5.36. The number of Topliss-reactive ketones (excluding diaryl/α,β-unsaturated/α-hetero) is 1. The van der Waals surface area contributed by atoms with Crippen LogP contribution in [0.4, 0.5) is 0 Å². The molecule has 0 saturated heterocycles. The van der Waals surface area contributed by atoms with Crippen LogP contribution in [-0.4, -0.2) is 32.8 Å². The quantitative estimate of drug-likeness (QED) is 0.757. The van der Waals surface area contributed by atoms with E-state index in [1.807, 2.05) is 0 Å². The van der Waals surface area contributed by atoms with Gasteiger partial charge in [0.15, 0.2) is 15.6 Å². The Balaban J connectivity index is 2.02. The highest BCUT2D eigenvalue weighted by atomic mass is 32.2. The lowest BCUT2D eigenvalue weighted by Gasteiger charge is -2.09. The average Bonchev–Trinajstić information content (AvgIpc) is 2.90. The Morgan fingerprint density at radius 1 is 1.30 bits per heavy atom. The van der Waals surface area contributed by atoms with Crippen LogP contribution in [0.1, 0.15) is 36.0 Å². The Hall–Kier alpha value is -1.36. The predicted molar refractivity (Wildman–Crippen MR) is 77.9 cm³/mol. The number of sulfone groups is 1. The van der Waals surface area contributed by atoms with Crippen LogP contribution >= 0.6 is 0 Å². The fourth-order valence-corrected chi connectivity index (χ4v) is 4.41. The molecule has 2 rings (SSSR count). The molecule has 0 aliphatic heterocycles. The molecule has 110 valence electrons. The Bertz CT molecular complexity index is 571. The van der Waals surface area contributed by atoms with Gasteiger partial charge in [0, 0.05) is 5.56 Å². The number of benzene rings is 1. The lowest BCUT2D eigenvalue weighted by molar-refractivity contribution is 0.102. The van der Waals surface area contributed by atoms with E-state index < -0.39 is 15.6 Å². The fraction of sp³-hybridized carbons (Fsp3) is 0.533. The van der Waals surface area contributed by atoms with E-state index in [4.69, 9.17) is 4.74 Å². The van der Waals surface area contributed by atoms with Gasteiger partial charge in [-0.15, -0.1) is 0 Å². The van der Waals surface area contributed by atoms with E-state index in [9.17, 15) is 13.2 Å². The summed E-state index contributed by atoms with van der Waals surface area (Å²) in [5, 5.41) is 0. The molecule has 1 aromatic rings. The second-order valence-corrected chi connectivity index (χ2v) is 7.47. The van der Waals surface area contributed by atoms with Crippen LogP contribution in [0.5, 0.6) is 5.75 Å². The predicted octanol–water partition coefficient (Wildman–Crippen LogP) is 2.48. The number of rotatable bonds is 6. The zero-order chi connectivity index (χ0) is 14.6. The molecule has 0 aromatic heterocycles. The smallest absolute Gasteiger partial charge is 0.178 e. The maximum atomic E-state index is 12.1. The summed E-state index contributed by atoms with van der Waals surface area (Å²) in [6.45, 7) is 0. The van der Waals surface area contributed by atoms with E-state index in [0.29, 0.717) is 11.3 Å². The molecule has 1 aliphatic rings. The van der Waals surface area contributed by atoms with Crippen molar-refractivity contribution in [1.82, 2.24) is 0 Å². The van der Waals surface area contributed by atoms with Gasteiger partial charge in [0.1, 0.15) is 11.5 Å². The van der Waals surface area contributed by atoms with E-state index >= 15 is 0 Å². The summed E-state index contributed by atoms with van der Waals surface area (Å²) in [6, 6.07) is 6.61. The van der Waals surface area contributed by atoms with Crippen LogP contribution in [0.25, 0.3) is 0 Å². The van der Waals surface area contributed by atoms with Crippen molar-refractivity contribution < 1.29 is 17.9 Å². The molecule has 0 bridgehead atoms. The van der Waals surface area contributed by atoms with Crippen molar-refractivity contribution in [2.24, 2.45) is 5.92 Å². The first-order valence-electron chi connectivity index (χ1n) is 6.88. The molecule has 1 aromatic carbocycles. The normalized spacial score (nSPS) is 16.2. The van der Waals surface area contributed by atoms with Gasteiger partial charge in [-0.2, -0.15) is 0 Å². The number of carbonyl (C=O) groups is 1. The minimum atomic E-state index is -3.32. The van der Waals surface area contributed by atoms with Crippen molar-refractivity contribution in [3.63, 3.8) is 0 Å². The first-order valence-corrected chi connectivity index (χ1v) is 8.70. The van der Waals surface area contributed by atoms with Crippen molar-refractivity contribution in [2.45, 2.75) is 25.7 Å². The molecule has 0 N–H and O–H groups in total. The van der Waals surface area contributed by atoms with Gasteiger partial charge in [-0.25, -0.2) is 8.42 Å². The van der Waals surface area contributed by atoms with Gasteiger partial charge in [-0.1, -0.05) is 25.0 Å². The van der Waals surface area contributed by atoms with Gasteiger partial charge >= 0.3 is 0 Å². The molecule has 5 heteroatoms. The summed E-state index contributed by atoms with van der Waals surface area (Å²) in [5.74, 6) is 0.170. The molecular formula is C15H20O4S. The molecule has 1 aliphatic carbocycles. The van der Waals surface area contributed by atoms with Gasteiger partial charge in [-0.3, -0.25) is 4.79 Å². The van der Waals surface area contributed by atoms with Gasteiger partial charge in [-0.05, 0) is 30.9 Å². The molecule has 1 saturated carbocycles. The largest absolute Gasteiger partial charge is 0.497 e. The topological polar surface area (TPSA) is 60.4 Å². The van der Waals surface area contributed by atoms with Crippen LogP contribution in [0.2, 0.25) is 0 Å². The number of carbonyl (C=O) groups excluding carboxylic acids is 1. The van der Waals surface area contributed by atoms with Crippen molar-refractivity contribution >= 4 is 15.6 Å². The van der Waals surface area contributed by atoms with Gasteiger partial charge in [0.25, 0.3) is 0 Å². The van der Waals surface area contributed by atoms with E-state index in [0.717, 1.165) is 25.7 Å². The SMILES string of the molecule is COc1cccc(C(=O)CS(=O)(=O)CC2CCCC2)c1. The summed E-state index contributed by atoms with van der Waals surface area (Å²) in [7, 11) is -1.81. The fourth-order valence-electron chi connectivity index (χ4n) is 2.67. The van der Waals surface area contributed by atoms with E-state index in [1.54, 1.807) is 24.3 Å². The summed E-state index contributed by atoms with van der Waals surface area (Å²) in [4.78, 5) is 12.1. The van der Waals surface area contributed by atoms with Crippen LogP contribution in [0, 0.1) is 5.92 Å². The van der Waals surface area contributed by atoms with Gasteiger partial charge in [0.05, 0.1) is 12.9 Å². The average molecular weight is 296 g/mol. The molecule has 0 atom stereocenters. The number of hydrogen-bond donors (Lipinski definition) is 0. The number of methoxy groups -OCH3 is 1. The number of ether oxygens (including phenoxy) is 1. The van der Waals surface area contributed by atoms with Crippen molar-refractivity contribution in [3.05, 3.63) is 29.8 Å². The highest BCUT2D eigenvalue weighted by Crippen LogP contribution is 2.26. The minimum absolute atomic E-state index is 0.142. The third kappa shape index (κ3) is 4.07. The Labute approximate surface area is 120 Å². The lowest BCUT2D eigenvalue weighted by Crippen LogP contribution is -2.22. The van der Waals surface area contributed by atoms with Crippen LogP contribution in [0.3, 0.4) is 0 Å². The number of hydrogen-bond acceptors (Lipinski definition) is 4.